The maximum Gasteiger partial charge on any atom is 0.212 e. The van der Waals surface area contributed by atoms with E-state index in [1.54, 1.807) is 0 Å². The summed E-state index contributed by atoms with van der Waals surface area (Å²) >= 11 is 0. The average Bonchev–Trinajstić information content (AvgIpc) is 2.35. The minimum absolute atomic E-state index is 0.243. The van der Waals surface area contributed by atoms with Crippen molar-refractivity contribution in [2.75, 3.05) is 0 Å². The quantitative estimate of drug-likeness (QED) is 0.637. The largest absolute Gasteiger partial charge is 0.228 e. The molecule has 60 valence electrons. The Bertz CT molecular complexity index is 220. The highest BCUT2D eigenvalue weighted by Gasteiger charge is 2.46. The van der Waals surface area contributed by atoms with Crippen molar-refractivity contribution < 1.29 is 8.42 Å². The lowest BCUT2D eigenvalue weighted by Crippen LogP contribution is -2.19. The first-order chi connectivity index (χ1) is 4.43. The van der Waals surface area contributed by atoms with Crippen molar-refractivity contribution in [2.24, 2.45) is 17.0 Å². The highest BCUT2D eigenvalue weighted by atomic mass is 32.2. The van der Waals surface area contributed by atoms with Gasteiger partial charge in [-0.1, -0.05) is 13.8 Å². The van der Waals surface area contributed by atoms with Gasteiger partial charge in [-0.3, -0.25) is 0 Å². The van der Waals surface area contributed by atoms with Gasteiger partial charge in [0.05, 0.1) is 5.25 Å². The minimum Gasteiger partial charge on any atom is -0.228 e. The van der Waals surface area contributed by atoms with E-state index in [0.29, 0.717) is 11.8 Å². The molecule has 1 rings (SSSR count). The summed E-state index contributed by atoms with van der Waals surface area (Å²) in [5.74, 6) is 0.762. The molecule has 10 heavy (non-hydrogen) atoms. The molecule has 0 aromatic carbocycles. The number of hydrogen-bond acceptors (Lipinski definition) is 2. The zero-order valence-electron chi connectivity index (χ0n) is 6.24. The van der Waals surface area contributed by atoms with Crippen LogP contribution in [0.4, 0.5) is 0 Å². The van der Waals surface area contributed by atoms with Crippen LogP contribution in [0.2, 0.25) is 0 Å². The summed E-state index contributed by atoms with van der Waals surface area (Å²) in [5.41, 5.74) is 0. The second-order valence-electron chi connectivity index (χ2n) is 3.27. The summed E-state index contributed by atoms with van der Waals surface area (Å²) in [6.07, 6.45) is 0.760. The molecule has 0 amide bonds. The van der Waals surface area contributed by atoms with Gasteiger partial charge >= 0.3 is 0 Å². The third kappa shape index (κ3) is 1.49. The fraction of sp³-hybridized carbons (Fsp3) is 1.00. The van der Waals surface area contributed by atoms with Crippen LogP contribution in [0, 0.1) is 11.8 Å². The van der Waals surface area contributed by atoms with E-state index in [4.69, 9.17) is 5.14 Å². The maximum absolute atomic E-state index is 10.7. The summed E-state index contributed by atoms with van der Waals surface area (Å²) in [7, 11) is -3.22. The predicted molar refractivity (Wildman–Crippen MR) is 39.8 cm³/mol. The average molecular weight is 163 g/mol. The summed E-state index contributed by atoms with van der Waals surface area (Å²) in [6, 6.07) is 0. The standard InChI is InChI=1S/C6H13NO2S/c1-4(2)5-3-6(5)10(7,8)9/h4-6H,3H2,1-2H3,(H2,7,8,9). The molecule has 0 aromatic rings. The van der Waals surface area contributed by atoms with E-state index in [-0.39, 0.29) is 5.25 Å². The van der Waals surface area contributed by atoms with Crippen LogP contribution in [-0.2, 0) is 10.0 Å². The molecule has 4 heteroatoms. The van der Waals surface area contributed by atoms with Crippen molar-refractivity contribution in [2.45, 2.75) is 25.5 Å². The van der Waals surface area contributed by atoms with Gasteiger partial charge in [0.25, 0.3) is 0 Å². The van der Waals surface area contributed by atoms with Gasteiger partial charge in [-0.2, -0.15) is 0 Å². The first-order valence-electron chi connectivity index (χ1n) is 3.44. The summed E-state index contributed by atoms with van der Waals surface area (Å²) < 4.78 is 21.4. The van der Waals surface area contributed by atoms with Crippen LogP contribution in [0.25, 0.3) is 0 Å². The van der Waals surface area contributed by atoms with Gasteiger partial charge in [0.1, 0.15) is 0 Å². The molecule has 1 fully saturated rings. The van der Waals surface area contributed by atoms with Crippen LogP contribution >= 0.6 is 0 Å². The van der Waals surface area contributed by atoms with Crippen molar-refractivity contribution in [3.63, 3.8) is 0 Å². The maximum atomic E-state index is 10.7. The summed E-state index contributed by atoms with van der Waals surface area (Å²) in [6.45, 7) is 4.05. The molecule has 3 nitrogen and oxygen atoms in total. The highest BCUT2D eigenvalue weighted by Crippen LogP contribution is 2.41. The molecular formula is C6H13NO2S. The number of primary sulfonamides is 1. The molecule has 1 aliphatic carbocycles. The van der Waals surface area contributed by atoms with E-state index in [9.17, 15) is 8.42 Å². The lowest BCUT2D eigenvalue weighted by Gasteiger charge is -1.99. The SMILES string of the molecule is CC(C)C1CC1S(N)(=O)=O. The van der Waals surface area contributed by atoms with Crippen molar-refractivity contribution in [3.8, 4) is 0 Å². The second-order valence-corrected chi connectivity index (χ2v) is 5.05. The predicted octanol–water partition coefficient (Wildman–Crippen LogP) is 0.319. The van der Waals surface area contributed by atoms with Crippen molar-refractivity contribution in [3.05, 3.63) is 0 Å². The van der Waals surface area contributed by atoms with Crippen LogP contribution in [0.5, 0.6) is 0 Å². The highest BCUT2D eigenvalue weighted by molar-refractivity contribution is 7.90. The lowest BCUT2D eigenvalue weighted by atomic mass is 10.1. The van der Waals surface area contributed by atoms with Gasteiger partial charge in [-0.15, -0.1) is 0 Å². The van der Waals surface area contributed by atoms with Crippen LogP contribution in [-0.4, -0.2) is 13.7 Å². The fourth-order valence-electron chi connectivity index (χ4n) is 1.27. The van der Waals surface area contributed by atoms with Gasteiger partial charge in [0, 0.05) is 0 Å². The van der Waals surface area contributed by atoms with E-state index in [0.717, 1.165) is 6.42 Å². The smallest absolute Gasteiger partial charge is 0.212 e. The molecule has 0 bridgehead atoms. The Hall–Kier alpha value is -0.0900. The number of sulfonamides is 1. The number of hydrogen-bond donors (Lipinski definition) is 1. The molecule has 0 radical (unpaired) electrons. The minimum atomic E-state index is -3.22. The second kappa shape index (κ2) is 2.20. The van der Waals surface area contributed by atoms with Gasteiger partial charge < -0.3 is 0 Å². The third-order valence-corrected chi connectivity index (χ3v) is 3.44. The molecule has 2 N–H and O–H groups in total. The monoisotopic (exact) mass is 163 g/mol. The Morgan fingerprint density at radius 1 is 1.50 bits per heavy atom. The molecule has 1 aliphatic rings. The van der Waals surface area contributed by atoms with Gasteiger partial charge in [-0.05, 0) is 18.3 Å². The van der Waals surface area contributed by atoms with Crippen molar-refractivity contribution in [1.29, 1.82) is 0 Å². The van der Waals surface area contributed by atoms with E-state index in [1.165, 1.54) is 0 Å². The normalized spacial score (nSPS) is 32.8. The molecule has 0 heterocycles. The van der Waals surface area contributed by atoms with Gasteiger partial charge in [0.2, 0.25) is 10.0 Å². The molecule has 0 aliphatic heterocycles. The molecule has 1 saturated carbocycles. The summed E-state index contributed by atoms with van der Waals surface area (Å²) in [4.78, 5) is 0. The van der Waals surface area contributed by atoms with Gasteiger partial charge in [-0.25, -0.2) is 13.6 Å². The fourth-order valence-corrected chi connectivity index (χ4v) is 2.56. The van der Waals surface area contributed by atoms with Gasteiger partial charge in [0.15, 0.2) is 0 Å². The van der Waals surface area contributed by atoms with Crippen LogP contribution in [0.15, 0.2) is 0 Å². The lowest BCUT2D eigenvalue weighted by molar-refractivity contribution is 0.550. The molecule has 2 atom stereocenters. The molecule has 0 saturated heterocycles. The van der Waals surface area contributed by atoms with Crippen LogP contribution in [0.3, 0.4) is 0 Å². The third-order valence-electron chi connectivity index (χ3n) is 2.06. The van der Waals surface area contributed by atoms with Crippen molar-refractivity contribution >= 4 is 10.0 Å². The van der Waals surface area contributed by atoms with E-state index < -0.39 is 10.0 Å². The first kappa shape index (κ1) is 8.01. The first-order valence-corrected chi connectivity index (χ1v) is 5.05. The molecule has 0 aromatic heterocycles. The Morgan fingerprint density at radius 2 is 2.00 bits per heavy atom. The Balaban J connectivity index is 2.55. The molecule has 0 spiro atoms. The number of rotatable bonds is 2. The Morgan fingerprint density at radius 3 is 2.10 bits per heavy atom. The zero-order valence-corrected chi connectivity index (χ0v) is 7.06. The molecular weight excluding hydrogens is 150 g/mol. The Kier molecular flexibility index (Phi) is 1.76. The topological polar surface area (TPSA) is 60.2 Å². The van der Waals surface area contributed by atoms with Crippen molar-refractivity contribution in [1.82, 2.24) is 0 Å². The molecule has 2 unspecified atom stereocenters. The Labute approximate surface area is 61.7 Å². The number of nitrogens with two attached hydrogens (primary N) is 1. The van der Waals surface area contributed by atoms with E-state index >= 15 is 0 Å². The van der Waals surface area contributed by atoms with E-state index in [2.05, 4.69) is 0 Å². The zero-order chi connectivity index (χ0) is 7.94. The van der Waals surface area contributed by atoms with Crippen LogP contribution < -0.4 is 5.14 Å². The van der Waals surface area contributed by atoms with Crippen LogP contribution in [0.1, 0.15) is 20.3 Å². The summed E-state index contributed by atoms with van der Waals surface area (Å²) in [5, 5.41) is 4.70. The van der Waals surface area contributed by atoms with E-state index in [1.807, 2.05) is 13.8 Å².